The summed E-state index contributed by atoms with van der Waals surface area (Å²) in [6.45, 7) is 2.05. The third-order valence-electron chi connectivity index (χ3n) is 5.49. The van der Waals surface area contributed by atoms with E-state index in [9.17, 15) is 19.5 Å². The fourth-order valence-corrected chi connectivity index (χ4v) is 4.32. The molecule has 1 aliphatic heterocycles. The van der Waals surface area contributed by atoms with Gasteiger partial charge in [0.2, 0.25) is 5.91 Å². The van der Waals surface area contributed by atoms with Crippen LogP contribution in [0.25, 0.3) is 0 Å². The van der Waals surface area contributed by atoms with Gasteiger partial charge in [0, 0.05) is 6.04 Å². The van der Waals surface area contributed by atoms with E-state index in [0.717, 1.165) is 25.7 Å². The number of amides is 2. The maximum Gasteiger partial charge on any atom is 0.326 e. The van der Waals surface area contributed by atoms with Gasteiger partial charge in [0.05, 0.1) is 18.7 Å². The van der Waals surface area contributed by atoms with Gasteiger partial charge in [0.15, 0.2) is 0 Å². The molecular formula is C20H26N2O5. The van der Waals surface area contributed by atoms with Gasteiger partial charge in [-0.2, -0.15) is 0 Å². The Balaban J connectivity index is 1.67. The minimum absolute atomic E-state index is 0.0278. The van der Waals surface area contributed by atoms with Crippen LogP contribution < -0.4 is 10.1 Å². The molecule has 27 heavy (non-hydrogen) atoms. The number of hydrogen-bond donors (Lipinski definition) is 2. The fraction of sp³-hybridized carbons (Fsp3) is 0.550. The Bertz CT molecular complexity index is 720. The van der Waals surface area contributed by atoms with Crippen LogP contribution in [0.15, 0.2) is 24.3 Å². The molecule has 0 radical (unpaired) electrons. The number of carbonyl (C=O) groups is 3. The minimum atomic E-state index is -0.967. The monoisotopic (exact) mass is 374 g/mol. The number of aliphatic carboxylic acids is 1. The van der Waals surface area contributed by atoms with Gasteiger partial charge in [-0.25, -0.2) is 4.79 Å². The van der Waals surface area contributed by atoms with E-state index >= 15 is 0 Å². The van der Waals surface area contributed by atoms with E-state index in [1.165, 1.54) is 4.90 Å². The summed E-state index contributed by atoms with van der Waals surface area (Å²) in [5.41, 5.74) is 0.360. The summed E-state index contributed by atoms with van der Waals surface area (Å²) in [6, 6.07) is 6.02. The second kappa shape index (κ2) is 8.41. The van der Waals surface area contributed by atoms with Crippen molar-refractivity contribution >= 4 is 17.8 Å². The average Bonchev–Trinajstić information content (AvgIpc) is 3.06. The molecule has 1 aromatic rings. The van der Waals surface area contributed by atoms with Gasteiger partial charge < -0.3 is 20.1 Å². The van der Waals surface area contributed by atoms with Gasteiger partial charge in [0.1, 0.15) is 11.8 Å². The number of para-hydroxylation sites is 1. The minimum Gasteiger partial charge on any atom is -0.493 e. The number of carbonyl (C=O) groups excluding carboxylic acids is 2. The van der Waals surface area contributed by atoms with Crippen molar-refractivity contribution in [2.75, 3.05) is 13.2 Å². The molecule has 1 aromatic carbocycles. The van der Waals surface area contributed by atoms with E-state index in [0.29, 0.717) is 24.3 Å². The summed E-state index contributed by atoms with van der Waals surface area (Å²) < 4.78 is 5.45. The second-order valence-corrected chi connectivity index (χ2v) is 7.11. The zero-order chi connectivity index (χ0) is 19.4. The van der Waals surface area contributed by atoms with Gasteiger partial charge >= 0.3 is 5.97 Å². The van der Waals surface area contributed by atoms with Crippen molar-refractivity contribution in [3.05, 3.63) is 29.8 Å². The van der Waals surface area contributed by atoms with Crippen molar-refractivity contribution in [2.24, 2.45) is 5.92 Å². The van der Waals surface area contributed by atoms with Crippen LogP contribution in [0, 0.1) is 5.92 Å². The molecular weight excluding hydrogens is 348 g/mol. The van der Waals surface area contributed by atoms with Crippen molar-refractivity contribution in [3.63, 3.8) is 0 Å². The molecule has 0 spiro atoms. The predicted octanol–water partition coefficient (Wildman–Crippen LogP) is 2.06. The molecule has 7 heteroatoms. The molecule has 1 saturated carbocycles. The number of rotatable bonds is 6. The van der Waals surface area contributed by atoms with E-state index in [-0.39, 0.29) is 24.4 Å². The zero-order valence-electron chi connectivity index (χ0n) is 15.5. The maximum atomic E-state index is 12.8. The lowest BCUT2D eigenvalue weighted by Gasteiger charge is -2.33. The lowest BCUT2D eigenvalue weighted by Crippen LogP contribution is -2.50. The van der Waals surface area contributed by atoms with Gasteiger partial charge in [-0.1, -0.05) is 25.0 Å². The first-order chi connectivity index (χ1) is 13.0. The number of fused-ring (bicyclic) bond motifs is 1. The highest BCUT2D eigenvalue weighted by Gasteiger charge is 2.47. The number of carboxylic acid groups (broad SMARTS) is 1. The molecule has 0 bridgehead atoms. The molecule has 2 aliphatic rings. The predicted molar refractivity (Wildman–Crippen MR) is 98.6 cm³/mol. The summed E-state index contributed by atoms with van der Waals surface area (Å²) in [5.74, 6) is -0.997. The van der Waals surface area contributed by atoms with Crippen LogP contribution in [0.1, 0.15) is 49.4 Å². The van der Waals surface area contributed by atoms with E-state index < -0.39 is 17.9 Å². The molecule has 3 unspecified atom stereocenters. The number of benzene rings is 1. The number of carboxylic acids is 1. The van der Waals surface area contributed by atoms with Gasteiger partial charge in [-0.3, -0.25) is 9.59 Å². The van der Waals surface area contributed by atoms with Gasteiger partial charge in [-0.05, 0) is 44.2 Å². The number of ether oxygens (including phenoxy) is 1. The summed E-state index contributed by atoms with van der Waals surface area (Å²) in [4.78, 5) is 38.4. The molecule has 1 aliphatic carbocycles. The average molecular weight is 374 g/mol. The number of nitrogens with zero attached hydrogens (tertiary/aromatic N) is 1. The molecule has 146 valence electrons. The van der Waals surface area contributed by atoms with Crippen molar-refractivity contribution in [1.82, 2.24) is 10.2 Å². The first-order valence-electron chi connectivity index (χ1n) is 9.57. The highest BCUT2D eigenvalue weighted by Crippen LogP contribution is 2.39. The Morgan fingerprint density at radius 2 is 1.96 bits per heavy atom. The standard InChI is InChI=1S/C20H26N2O5/c1-2-27-17-10-6-4-8-14(17)19(24)21-12-18(23)22-15-9-5-3-7-13(15)11-16(22)20(25)26/h4,6,8,10,13,15-16H,2-3,5,7,9,11-12H2,1H3,(H,21,24)(H,25,26). The molecule has 1 heterocycles. The molecule has 1 saturated heterocycles. The molecule has 2 amide bonds. The van der Waals surface area contributed by atoms with Crippen LogP contribution in [0.2, 0.25) is 0 Å². The third kappa shape index (κ3) is 4.07. The van der Waals surface area contributed by atoms with Crippen molar-refractivity contribution in [3.8, 4) is 5.75 Å². The smallest absolute Gasteiger partial charge is 0.326 e. The first kappa shape index (κ1) is 19.2. The third-order valence-corrected chi connectivity index (χ3v) is 5.49. The fourth-order valence-electron chi connectivity index (χ4n) is 4.32. The summed E-state index contributed by atoms with van der Waals surface area (Å²) in [5, 5.41) is 12.2. The SMILES string of the molecule is CCOc1ccccc1C(=O)NCC(=O)N1C(C(=O)O)CC2CCCCC21. The van der Waals surface area contributed by atoms with E-state index in [2.05, 4.69) is 5.32 Å². The van der Waals surface area contributed by atoms with Crippen LogP contribution in [0.4, 0.5) is 0 Å². The molecule has 7 nitrogen and oxygen atoms in total. The topological polar surface area (TPSA) is 95.9 Å². The molecule has 3 rings (SSSR count). The number of likely N-dealkylation sites (tertiary alicyclic amines) is 1. The highest BCUT2D eigenvalue weighted by molar-refractivity contribution is 5.99. The Morgan fingerprint density at radius 3 is 2.70 bits per heavy atom. The normalized spacial score (nSPS) is 24.2. The van der Waals surface area contributed by atoms with Crippen molar-refractivity contribution in [2.45, 2.75) is 51.1 Å². The Morgan fingerprint density at radius 1 is 1.22 bits per heavy atom. The lowest BCUT2D eigenvalue weighted by atomic mass is 9.85. The Hall–Kier alpha value is -2.57. The number of hydrogen-bond acceptors (Lipinski definition) is 4. The number of nitrogens with one attached hydrogen (secondary N) is 1. The van der Waals surface area contributed by atoms with Crippen molar-refractivity contribution in [1.29, 1.82) is 0 Å². The summed E-state index contributed by atoms with van der Waals surface area (Å²) in [6.07, 6.45) is 4.40. The van der Waals surface area contributed by atoms with Crippen LogP contribution in [-0.2, 0) is 9.59 Å². The maximum absolute atomic E-state index is 12.8. The molecule has 2 fully saturated rings. The Kier molecular flexibility index (Phi) is 5.98. The van der Waals surface area contributed by atoms with Crippen LogP contribution in [0.3, 0.4) is 0 Å². The second-order valence-electron chi connectivity index (χ2n) is 7.11. The highest BCUT2D eigenvalue weighted by atomic mass is 16.5. The van der Waals surface area contributed by atoms with Gasteiger partial charge in [-0.15, -0.1) is 0 Å². The van der Waals surface area contributed by atoms with Crippen LogP contribution >= 0.6 is 0 Å². The zero-order valence-corrected chi connectivity index (χ0v) is 15.5. The lowest BCUT2D eigenvalue weighted by molar-refractivity contribution is -0.149. The largest absolute Gasteiger partial charge is 0.493 e. The molecule has 2 N–H and O–H groups in total. The van der Waals surface area contributed by atoms with Crippen LogP contribution in [0.5, 0.6) is 5.75 Å². The van der Waals surface area contributed by atoms with E-state index in [4.69, 9.17) is 4.74 Å². The Labute approximate surface area is 158 Å². The summed E-state index contributed by atoms with van der Waals surface area (Å²) in [7, 11) is 0. The van der Waals surface area contributed by atoms with Gasteiger partial charge in [0.25, 0.3) is 5.91 Å². The first-order valence-corrected chi connectivity index (χ1v) is 9.57. The van der Waals surface area contributed by atoms with Crippen molar-refractivity contribution < 1.29 is 24.2 Å². The summed E-state index contributed by atoms with van der Waals surface area (Å²) >= 11 is 0. The van der Waals surface area contributed by atoms with Crippen LogP contribution in [-0.4, -0.2) is 53.0 Å². The van der Waals surface area contributed by atoms with E-state index in [1.54, 1.807) is 24.3 Å². The molecule has 0 aromatic heterocycles. The van der Waals surface area contributed by atoms with E-state index in [1.807, 2.05) is 6.92 Å². The quantitative estimate of drug-likeness (QED) is 0.795. The molecule has 3 atom stereocenters.